The fourth-order valence-corrected chi connectivity index (χ4v) is 2.41. The van der Waals surface area contributed by atoms with Gasteiger partial charge in [-0.3, -0.25) is 3.97 Å². The molecule has 0 spiro atoms. The van der Waals surface area contributed by atoms with Crippen LogP contribution < -0.4 is 0 Å². The van der Waals surface area contributed by atoms with E-state index in [0.717, 1.165) is 19.3 Å². The summed E-state index contributed by atoms with van der Waals surface area (Å²) in [6.07, 6.45) is 6.34. The Kier molecular flexibility index (Phi) is 5.25. The number of hydrogen-bond acceptors (Lipinski definition) is 3. The topological polar surface area (TPSA) is 48.3 Å². The van der Waals surface area contributed by atoms with Gasteiger partial charge in [-0.1, -0.05) is 19.8 Å². The molecule has 0 aromatic carbocycles. The molecule has 1 aromatic rings. The Labute approximate surface area is 98.2 Å². The average Bonchev–Trinajstić information content (AvgIpc) is 2.77. The molecular formula is C11H17NO3S. The van der Waals surface area contributed by atoms with Gasteiger partial charge >= 0.3 is 5.97 Å². The summed E-state index contributed by atoms with van der Waals surface area (Å²) in [4.78, 5) is 11.2. The smallest absolute Gasteiger partial charge is 0.339 e. The summed E-state index contributed by atoms with van der Waals surface area (Å²) in [6.45, 7) is 2.11. The zero-order valence-electron chi connectivity index (χ0n) is 9.64. The Balaban J connectivity index is 2.56. The van der Waals surface area contributed by atoms with Gasteiger partial charge in [-0.2, -0.15) is 0 Å². The number of unbranched alkanes of at least 4 members (excludes halogenated alkanes) is 2. The minimum Gasteiger partial charge on any atom is -0.465 e. The first-order valence-corrected chi connectivity index (χ1v) is 6.61. The maximum atomic E-state index is 11.8. The van der Waals surface area contributed by atoms with Gasteiger partial charge in [-0.05, 0) is 12.5 Å². The van der Waals surface area contributed by atoms with Gasteiger partial charge in [0.05, 0.1) is 12.7 Å². The third kappa shape index (κ3) is 3.48. The van der Waals surface area contributed by atoms with Gasteiger partial charge in [0.25, 0.3) is 0 Å². The van der Waals surface area contributed by atoms with Gasteiger partial charge in [0.15, 0.2) is 0 Å². The quantitative estimate of drug-likeness (QED) is 0.567. The van der Waals surface area contributed by atoms with Gasteiger partial charge in [-0.25, -0.2) is 9.00 Å². The van der Waals surface area contributed by atoms with Crippen LogP contribution >= 0.6 is 0 Å². The highest BCUT2D eigenvalue weighted by Gasteiger charge is 2.09. The SMILES string of the molecule is CCCCCS(=O)n1ccc(C(=O)OC)c1. The predicted molar refractivity (Wildman–Crippen MR) is 63.7 cm³/mol. The van der Waals surface area contributed by atoms with E-state index in [1.54, 1.807) is 22.4 Å². The minimum absolute atomic E-state index is 0.399. The number of carbonyl (C=O) groups excluding carboxylic acids is 1. The van der Waals surface area contributed by atoms with Crippen molar-refractivity contribution in [3.63, 3.8) is 0 Å². The van der Waals surface area contributed by atoms with E-state index in [4.69, 9.17) is 0 Å². The van der Waals surface area contributed by atoms with Crippen LogP contribution in [0.25, 0.3) is 0 Å². The Morgan fingerprint density at radius 1 is 1.50 bits per heavy atom. The normalized spacial score (nSPS) is 12.4. The lowest BCUT2D eigenvalue weighted by Gasteiger charge is -2.01. The highest BCUT2D eigenvalue weighted by molar-refractivity contribution is 7.83. The molecule has 1 unspecified atom stereocenters. The molecule has 0 amide bonds. The van der Waals surface area contributed by atoms with Crippen LogP contribution in [0.15, 0.2) is 18.5 Å². The zero-order chi connectivity index (χ0) is 12.0. The Bertz CT molecular complexity index is 373. The molecule has 1 heterocycles. The summed E-state index contributed by atoms with van der Waals surface area (Å²) in [5, 5.41) is 0. The van der Waals surface area contributed by atoms with Gasteiger partial charge in [0.1, 0.15) is 11.0 Å². The van der Waals surface area contributed by atoms with Crippen molar-refractivity contribution in [2.75, 3.05) is 12.9 Å². The first kappa shape index (κ1) is 13.0. The van der Waals surface area contributed by atoms with Gasteiger partial charge < -0.3 is 4.74 Å². The first-order chi connectivity index (χ1) is 7.69. The van der Waals surface area contributed by atoms with E-state index < -0.39 is 17.0 Å². The van der Waals surface area contributed by atoms with Crippen LogP contribution in [-0.2, 0) is 15.7 Å². The van der Waals surface area contributed by atoms with Crippen LogP contribution in [0.4, 0.5) is 0 Å². The lowest BCUT2D eigenvalue weighted by molar-refractivity contribution is 0.0601. The molecule has 0 aliphatic carbocycles. The Hall–Kier alpha value is -1.10. The predicted octanol–water partition coefficient (Wildman–Crippen LogP) is 1.98. The van der Waals surface area contributed by atoms with Crippen molar-refractivity contribution < 1.29 is 13.7 Å². The molecule has 0 saturated heterocycles. The number of aromatic nitrogens is 1. The highest BCUT2D eigenvalue weighted by Crippen LogP contribution is 2.06. The number of hydrogen-bond donors (Lipinski definition) is 0. The summed E-state index contributed by atoms with van der Waals surface area (Å²) in [7, 11) is 0.258. The van der Waals surface area contributed by atoms with Gasteiger partial charge in [-0.15, -0.1) is 0 Å². The second-order valence-electron chi connectivity index (χ2n) is 3.48. The third-order valence-corrected chi connectivity index (χ3v) is 3.58. The van der Waals surface area contributed by atoms with Gasteiger partial charge in [0.2, 0.25) is 0 Å². The molecule has 0 fully saturated rings. The second-order valence-corrected chi connectivity index (χ2v) is 4.96. The van der Waals surface area contributed by atoms with E-state index in [-0.39, 0.29) is 0 Å². The maximum Gasteiger partial charge on any atom is 0.339 e. The van der Waals surface area contributed by atoms with E-state index in [9.17, 15) is 9.00 Å². The third-order valence-electron chi connectivity index (χ3n) is 2.25. The number of rotatable bonds is 6. The molecule has 0 aliphatic rings. The van der Waals surface area contributed by atoms with Crippen LogP contribution in [0.2, 0.25) is 0 Å². The molecule has 0 N–H and O–H groups in total. The zero-order valence-corrected chi connectivity index (χ0v) is 10.5. The van der Waals surface area contributed by atoms with E-state index in [1.165, 1.54) is 7.11 Å². The number of nitrogens with zero attached hydrogens (tertiary/aromatic N) is 1. The summed E-state index contributed by atoms with van der Waals surface area (Å²) >= 11 is 0. The second kappa shape index (κ2) is 6.48. The fraction of sp³-hybridized carbons (Fsp3) is 0.545. The molecule has 1 rings (SSSR count). The van der Waals surface area contributed by atoms with Crippen LogP contribution in [0, 0.1) is 0 Å². The average molecular weight is 243 g/mol. The molecule has 0 bridgehead atoms. The van der Waals surface area contributed by atoms with Crippen LogP contribution in [0.1, 0.15) is 36.5 Å². The molecule has 16 heavy (non-hydrogen) atoms. The van der Waals surface area contributed by atoms with E-state index >= 15 is 0 Å². The fourth-order valence-electron chi connectivity index (χ4n) is 1.32. The summed E-state index contributed by atoms with van der Waals surface area (Å²) in [6, 6.07) is 1.61. The molecule has 1 atom stereocenters. The largest absolute Gasteiger partial charge is 0.465 e. The van der Waals surface area contributed by atoms with Crippen LogP contribution in [-0.4, -0.2) is 27.0 Å². The summed E-state index contributed by atoms with van der Waals surface area (Å²) in [5.41, 5.74) is 0.436. The summed E-state index contributed by atoms with van der Waals surface area (Å²) in [5.74, 6) is 0.229. The molecule has 1 aromatic heterocycles. The minimum atomic E-state index is -1.07. The standard InChI is InChI=1S/C11H17NO3S/c1-3-4-5-8-16(14)12-7-6-10(9-12)11(13)15-2/h6-7,9H,3-5,8H2,1-2H3. The number of carbonyl (C=O) groups is 1. The molecular weight excluding hydrogens is 226 g/mol. The maximum absolute atomic E-state index is 11.8. The Morgan fingerprint density at radius 3 is 2.88 bits per heavy atom. The van der Waals surface area contributed by atoms with E-state index in [1.807, 2.05) is 0 Å². The van der Waals surface area contributed by atoms with Crippen molar-refractivity contribution in [3.05, 3.63) is 24.0 Å². The van der Waals surface area contributed by atoms with Crippen LogP contribution in [0.5, 0.6) is 0 Å². The van der Waals surface area contributed by atoms with E-state index in [2.05, 4.69) is 11.7 Å². The number of esters is 1. The summed E-state index contributed by atoms with van der Waals surface area (Å²) < 4.78 is 17.9. The van der Waals surface area contributed by atoms with Crippen molar-refractivity contribution in [2.24, 2.45) is 0 Å². The number of ether oxygens (including phenoxy) is 1. The lowest BCUT2D eigenvalue weighted by Crippen LogP contribution is -2.07. The van der Waals surface area contributed by atoms with E-state index in [0.29, 0.717) is 11.3 Å². The molecule has 0 aliphatic heterocycles. The number of methoxy groups -OCH3 is 1. The monoisotopic (exact) mass is 243 g/mol. The molecule has 0 saturated carbocycles. The van der Waals surface area contributed by atoms with Crippen molar-refractivity contribution >= 4 is 17.0 Å². The lowest BCUT2D eigenvalue weighted by atomic mass is 10.3. The highest BCUT2D eigenvalue weighted by atomic mass is 32.2. The molecule has 5 heteroatoms. The van der Waals surface area contributed by atoms with Crippen molar-refractivity contribution in [1.82, 2.24) is 3.97 Å². The van der Waals surface area contributed by atoms with Crippen molar-refractivity contribution in [1.29, 1.82) is 0 Å². The van der Waals surface area contributed by atoms with Gasteiger partial charge in [0, 0.05) is 18.1 Å². The van der Waals surface area contributed by atoms with Crippen molar-refractivity contribution in [2.45, 2.75) is 26.2 Å². The molecule has 90 valence electrons. The first-order valence-electron chi connectivity index (χ1n) is 5.34. The Morgan fingerprint density at radius 2 is 2.25 bits per heavy atom. The van der Waals surface area contributed by atoms with Crippen molar-refractivity contribution in [3.8, 4) is 0 Å². The molecule has 0 radical (unpaired) electrons. The molecule has 4 nitrogen and oxygen atoms in total. The van der Waals surface area contributed by atoms with Crippen LogP contribution in [0.3, 0.4) is 0 Å².